The van der Waals surface area contributed by atoms with Gasteiger partial charge in [-0.1, -0.05) is 6.07 Å². The van der Waals surface area contributed by atoms with Crippen LogP contribution in [0.5, 0.6) is 0 Å². The molecule has 4 rings (SSSR count). The van der Waals surface area contributed by atoms with Crippen LogP contribution in [-0.4, -0.2) is 40.1 Å². The zero-order valence-corrected chi connectivity index (χ0v) is 17.6. The molecule has 1 saturated heterocycles. The second-order valence-corrected chi connectivity index (χ2v) is 7.36. The lowest BCUT2D eigenvalue weighted by Gasteiger charge is -2.14. The molecule has 10 heteroatoms. The van der Waals surface area contributed by atoms with E-state index in [0.717, 1.165) is 4.90 Å². The van der Waals surface area contributed by atoms with Gasteiger partial charge < -0.3 is 10.1 Å². The fourth-order valence-corrected chi connectivity index (χ4v) is 3.40. The van der Waals surface area contributed by atoms with E-state index in [1.165, 1.54) is 47.1 Å². The minimum Gasteiger partial charge on any atom is -0.452 e. The van der Waals surface area contributed by atoms with E-state index in [1.807, 2.05) is 0 Å². The van der Waals surface area contributed by atoms with E-state index in [2.05, 4.69) is 10.4 Å². The highest BCUT2D eigenvalue weighted by atomic mass is 19.1. The first-order valence-electron chi connectivity index (χ1n) is 10.1. The topological polar surface area (TPSA) is 111 Å². The van der Waals surface area contributed by atoms with Crippen LogP contribution in [0.1, 0.15) is 28.9 Å². The average Bonchev–Trinajstić information content (AvgIpc) is 3.33. The van der Waals surface area contributed by atoms with Crippen LogP contribution in [0.15, 0.2) is 54.6 Å². The number of hydrogen-bond donors (Lipinski definition) is 1. The third-order valence-electron chi connectivity index (χ3n) is 4.90. The quantitative estimate of drug-likeness (QED) is 0.457. The summed E-state index contributed by atoms with van der Waals surface area (Å²) < 4.78 is 19.7. The number of hydrogen-bond acceptors (Lipinski definition) is 6. The Labute approximate surface area is 187 Å². The van der Waals surface area contributed by atoms with E-state index in [4.69, 9.17) is 4.74 Å². The molecule has 0 aliphatic carbocycles. The summed E-state index contributed by atoms with van der Waals surface area (Å²) in [7, 11) is 0. The zero-order valence-electron chi connectivity index (χ0n) is 17.6. The van der Waals surface area contributed by atoms with Crippen molar-refractivity contribution in [1.82, 2.24) is 9.78 Å². The Balaban J connectivity index is 1.41. The molecule has 168 valence electrons. The molecule has 0 unspecified atom stereocenters. The lowest BCUT2D eigenvalue weighted by atomic mass is 10.2. The molecule has 0 radical (unpaired) electrons. The number of aromatic nitrogens is 2. The highest BCUT2D eigenvalue weighted by Crippen LogP contribution is 2.24. The van der Waals surface area contributed by atoms with Crippen molar-refractivity contribution >= 4 is 35.2 Å². The number of carbonyl (C=O) groups excluding carboxylic acids is 4. The normalized spacial score (nSPS) is 13.3. The molecule has 0 bridgehead atoms. The molecule has 3 amide bonds. The van der Waals surface area contributed by atoms with Gasteiger partial charge in [0, 0.05) is 18.9 Å². The summed E-state index contributed by atoms with van der Waals surface area (Å²) in [6.07, 6.45) is 0.253. The number of imide groups is 1. The summed E-state index contributed by atoms with van der Waals surface area (Å²) >= 11 is 0. The summed E-state index contributed by atoms with van der Waals surface area (Å²) in [5, 5.41) is 6.89. The Hall–Kier alpha value is -4.34. The van der Waals surface area contributed by atoms with Crippen molar-refractivity contribution in [2.75, 3.05) is 16.8 Å². The average molecular weight is 450 g/mol. The highest BCUT2D eigenvalue weighted by Gasteiger charge is 2.30. The zero-order chi connectivity index (χ0) is 23.5. The van der Waals surface area contributed by atoms with E-state index in [1.54, 1.807) is 19.1 Å². The Kier molecular flexibility index (Phi) is 5.99. The van der Waals surface area contributed by atoms with Gasteiger partial charge in [0.2, 0.25) is 11.8 Å². The molecular formula is C23H19FN4O5. The first kappa shape index (κ1) is 21.9. The SMILES string of the molecule is Cc1cc(NC(=O)COC(=O)c2cccc(N3C(=O)CCC3=O)c2)n(-c2ccc(F)cc2)n1. The molecule has 0 atom stereocenters. The molecule has 2 aromatic carbocycles. The molecule has 1 N–H and O–H groups in total. The molecular weight excluding hydrogens is 431 g/mol. The minimum atomic E-state index is -0.783. The van der Waals surface area contributed by atoms with Crippen molar-refractivity contribution < 1.29 is 28.3 Å². The van der Waals surface area contributed by atoms with Gasteiger partial charge in [-0.2, -0.15) is 5.10 Å². The largest absolute Gasteiger partial charge is 0.452 e. The molecule has 1 aliphatic rings. The summed E-state index contributed by atoms with van der Waals surface area (Å²) in [5.74, 6) is -2.13. The van der Waals surface area contributed by atoms with E-state index >= 15 is 0 Å². The molecule has 1 aliphatic heterocycles. The van der Waals surface area contributed by atoms with E-state index in [0.29, 0.717) is 17.2 Å². The van der Waals surface area contributed by atoms with Gasteiger partial charge in [0.25, 0.3) is 5.91 Å². The molecule has 9 nitrogen and oxygen atoms in total. The van der Waals surface area contributed by atoms with Crippen LogP contribution in [0.2, 0.25) is 0 Å². The number of carbonyl (C=O) groups is 4. The second-order valence-electron chi connectivity index (χ2n) is 7.36. The number of benzene rings is 2. The predicted octanol–water partition coefficient (Wildman–Crippen LogP) is 2.77. The molecule has 0 saturated carbocycles. The number of nitrogens with zero attached hydrogens (tertiary/aromatic N) is 3. The van der Waals surface area contributed by atoms with Gasteiger partial charge in [-0.3, -0.25) is 19.3 Å². The van der Waals surface area contributed by atoms with Crippen LogP contribution in [0, 0.1) is 12.7 Å². The maximum atomic E-state index is 13.2. The Morgan fingerprint density at radius 2 is 1.73 bits per heavy atom. The van der Waals surface area contributed by atoms with Crippen LogP contribution in [0.4, 0.5) is 15.9 Å². The molecule has 0 spiro atoms. The Bertz CT molecular complexity index is 1240. The number of esters is 1. The number of ether oxygens (including phenoxy) is 1. The smallest absolute Gasteiger partial charge is 0.338 e. The number of aryl methyl sites for hydroxylation is 1. The van der Waals surface area contributed by atoms with E-state index in [-0.39, 0.29) is 35.9 Å². The van der Waals surface area contributed by atoms with Gasteiger partial charge >= 0.3 is 5.97 Å². The lowest BCUT2D eigenvalue weighted by molar-refractivity contribution is -0.121. The van der Waals surface area contributed by atoms with Crippen molar-refractivity contribution in [3.05, 3.63) is 71.7 Å². The number of rotatable bonds is 6. The lowest BCUT2D eigenvalue weighted by Crippen LogP contribution is -2.28. The van der Waals surface area contributed by atoms with Crippen molar-refractivity contribution in [2.45, 2.75) is 19.8 Å². The van der Waals surface area contributed by atoms with Crippen molar-refractivity contribution in [1.29, 1.82) is 0 Å². The maximum absolute atomic E-state index is 13.2. The maximum Gasteiger partial charge on any atom is 0.338 e. The second kappa shape index (κ2) is 9.03. The third-order valence-corrected chi connectivity index (χ3v) is 4.90. The van der Waals surface area contributed by atoms with E-state index in [9.17, 15) is 23.6 Å². The molecule has 2 heterocycles. The standard InChI is InChI=1S/C23H19FN4O5/c1-14-11-19(28(26-14)17-7-5-16(24)6-8-17)25-20(29)13-33-23(32)15-3-2-4-18(12-15)27-21(30)9-10-22(27)31/h2-8,11-12H,9-10,13H2,1H3,(H,25,29). The Morgan fingerprint density at radius 3 is 2.42 bits per heavy atom. The van der Waals surface area contributed by atoms with Gasteiger partial charge in [-0.15, -0.1) is 0 Å². The van der Waals surface area contributed by atoms with Gasteiger partial charge in [0.15, 0.2) is 6.61 Å². The number of nitrogens with one attached hydrogen (secondary N) is 1. The number of halogens is 1. The minimum absolute atomic E-state index is 0.0972. The summed E-state index contributed by atoms with van der Waals surface area (Å²) in [6.45, 7) is 1.16. The van der Waals surface area contributed by atoms with Crippen LogP contribution in [0.3, 0.4) is 0 Å². The van der Waals surface area contributed by atoms with Crippen molar-refractivity contribution in [3.63, 3.8) is 0 Å². The van der Waals surface area contributed by atoms with Crippen molar-refractivity contribution in [3.8, 4) is 5.69 Å². The number of anilines is 2. The molecule has 1 fully saturated rings. The van der Waals surface area contributed by atoms with Crippen LogP contribution in [0.25, 0.3) is 5.69 Å². The van der Waals surface area contributed by atoms with E-state index < -0.39 is 24.3 Å². The molecule has 3 aromatic rings. The first-order valence-corrected chi connectivity index (χ1v) is 10.1. The van der Waals surface area contributed by atoms with Gasteiger partial charge in [-0.05, 0) is 49.4 Å². The Morgan fingerprint density at radius 1 is 1.03 bits per heavy atom. The van der Waals surface area contributed by atoms with Crippen LogP contribution < -0.4 is 10.2 Å². The van der Waals surface area contributed by atoms with Crippen LogP contribution >= 0.6 is 0 Å². The van der Waals surface area contributed by atoms with Crippen molar-refractivity contribution in [2.24, 2.45) is 0 Å². The third kappa shape index (κ3) is 4.79. The first-order chi connectivity index (χ1) is 15.8. The van der Waals surface area contributed by atoms with Gasteiger partial charge in [-0.25, -0.2) is 13.9 Å². The summed E-state index contributed by atoms with van der Waals surface area (Å²) in [4.78, 5) is 49.6. The molecule has 33 heavy (non-hydrogen) atoms. The predicted molar refractivity (Wildman–Crippen MR) is 115 cm³/mol. The summed E-state index contributed by atoms with van der Waals surface area (Å²) in [5.41, 5.74) is 1.54. The van der Waals surface area contributed by atoms with Crippen LogP contribution in [-0.2, 0) is 19.1 Å². The fraction of sp³-hybridized carbons (Fsp3) is 0.174. The molecule has 1 aromatic heterocycles. The van der Waals surface area contributed by atoms with Gasteiger partial charge in [0.05, 0.1) is 22.6 Å². The monoisotopic (exact) mass is 450 g/mol. The van der Waals surface area contributed by atoms with Gasteiger partial charge in [0.1, 0.15) is 11.6 Å². The number of amides is 3. The fourth-order valence-electron chi connectivity index (χ4n) is 3.40. The summed E-state index contributed by atoms with van der Waals surface area (Å²) in [6, 6.07) is 13.1. The highest BCUT2D eigenvalue weighted by molar-refractivity contribution is 6.20.